The van der Waals surface area contributed by atoms with Crippen molar-refractivity contribution in [3.05, 3.63) is 88.9 Å². The van der Waals surface area contributed by atoms with Gasteiger partial charge in [-0.1, -0.05) is 6.07 Å². The van der Waals surface area contributed by atoms with E-state index in [2.05, 4.69) is 5.32 Å². The van der Waals surface area contributed by atoms with Crippen LogP contribution in [-0.4, -0.2) is 22.6 Å². The van der Waals surface area contributed by atoms with Crippen molar-refractivity contribution in [1.82, 2.24) is 4.90 Å². The zero-order valence-electron chi connectivity index (χ0n) is 14.5. The van der Waals surface area contributed by atoms with E-state index in [1.54, 1.807) is 36.4 Å². The number of rotatable bonds is 4. The molecule has 136 valence electrons. The minimum atomic E-state index is -0.475. The number of anilines is 1. The van der Waals surface area contributed by atoms with Crippen molar-refractivity contribution in [3.8, 4) is 6.07 Å². The molecule has 1 aromatic heterocycles. The Labute approximate surface area is 159 Å². The first-order chi connectivity index (χ1) is 13.6. The second kappa shape index (κ2) is 6.85. The van der Waals surface area contributed by atoms with Crippen LogP contribution in [0.1, 0.15) is 42.4 Å². The van der Waals surface area contributed by atoms with E-state index < -0.39 is 17.7 Å². The van der Waals surface area contributed by atoms with Crippen LogP contribution in [-0.2, 0) is 6.54 Å². The van der Waals surface area contributed by atoms with Crippen LogP contribution in [0.25, 0.3) is 0 Å². The average Bonchev–Trinajstić information content (AvgIpc) is 3.31. The van der Waals surface area contributed by atoms with E-state index in [9.17, 15) is 14.4 Å². The topological polar surface area (TPSA) is 103 Å². The Morgan fingerprint density at radius 2 is 1.86 bits per heavy atom. The van der Waals surface area contributed by atoms with Gasteiger partial charge in [-0.05, 0) is 48.5 Å². The minimum Gasteiger partial charge on any atom is -0.467 e. The molecule has 0 saturated carbocycles. The van der Waals surface area contributed by atoms with Gasteiger partial charge in [-0.3, -0.25) is 19.3 Å². The molecule has 28 heavy (non-hydrogen) atoms. The molecule has 0 fully saturated rings. The Bertz CT molecular complexity index is 1140. The Morgan fingerprint density at radius 3 is 2.61 bits per heavy atom. The molecule has 0 spiro atoms. The lowest BCUT2D eigenvalue weighted by molar-refractivity contribution is 0.0631. The molecule has 0 aliphatic carbocycles. The van der Waals surface area contributed by atoms with Crippen molar-refractivity contribution in [2.75, 3.05) is 5.32 Å². The van der Waals surface area contributed by atoms with Crippen LogP contribution in [0.15, 0.2) is 65.3 Å². The lowest BCUT2D eigenvalue weighted by Crippen LogP contribution is -2.28. The minimum absolute atomic E-state index is 0.0296. The fraction of sp³-hybridized carbons (Fsp3) is 0.0476. The lowest BCUT2D eigenvalue weighted by Gasteiger charge is -2.11. The van der Waals surface area contributed by atoms with Crippen LogP contribution in [0.2, 0.25) is 0 Å². The van der Waals surface area contributed by atoms with E-state index in [1.807, 2.05) is 6.07 Å². The number of nitrogens with zero attached hydrogens (tertiary/aromatic N) is 2. The lowest BCUT2D eigenvalue weighted by atomic mass is 10.1. The number of amides is 3. The van der Waals surface area contributed by atoms with Crippen molar-refractivity contribution in [1.29, 1.82) is 5.26 Å². The molecule has 1 aliphatic heterocycles. The highest BCUT2D eigenvalue weighted by Crippen LogP contribution is 2.26. The standard InChI is InChI=1S/C21H13N3O4/c22-11-13-3-1-4-15(9-13)23-19(25)14-6-7-17-18(10-14)21(27)24(20(17)26)12-16-5-2-8-28-16/h1-10H,12H2,(H,23,25). The smallest absolute Gasteiger partial charge is 0.261 e. The van der Waals surface area contributed by atoms with Crippen LogP contribution < -0.4 is 5.32 Å². The van der Waals surface area contributed by atoms with Gasteiger partial charge in [0.05, 0.1) is 35.6 Å². The van der Waals surface area contributed by atoms with E-state index in [1.165, 1.54) is 24.5 Å². The number of nitriles is 1. The average molecular weight is 371 g/mol. The summed E-state index contributed by atoms with van der Waals surface area (Å²) in [6, 6.07) is 16.2. The van der Waals surface area contributed by atoms with Gasteiger partial charge < -0.3 is 9.73 Å². The molecule has 4 rings (SSSR count). The maximum atomic E-state index is 12.6. The summed E-state index contributed by atoms with van der Waals surface area (Å²) < 4.78 is 5.21. The molecule has 0 bridgehead atoms. The highest BCUT2D eigenvalue weighted by Gasteiger charge is 2.36. The van der Waals surface area contributed by atoms with Crippen molar-refractivity contribution < 1.29 is 18.8 Å². The highest BCUT2D eigenvalue weighted by molar-refractivity contribution is 6.22. The summed E-state index contributed by atoms with van der Waals surface area (Å²) in [7, 11) is 0. The van der Waals surface area contributed by atoms with Gasteiger partial charge >= 0.3 is 0 Å². The van der Waals surface area contributed by atoms with Gasteiger partial charge in [0.15, 0.2) is 0 Å². The first kappa shape index (κ1) is 17.2. The summed E-state index contributed by atoms with van der Waals surface area (Å²) in [5.74, 6) is -0.852. The van der Waals surface area contributed by atoms with Crippen LogP contribution in [0.5, 0.6) is 0 Å². The summed E-state index contributed by atoms with van der Waals surface area (Å²) in [6.07, 6.45) is 1.47. The van der Waals surface area contributed by atoms with Crippen molar-refractivity contribution in [3.63, 3.8) is 0 Å². The van der Waals surface area contributed by atoms with Crippen molar-refractivity contribution in [2.45, 2.75) is 6.54 Å². The molecule has 3 amide bonds. The SMILES string of the molecule is N#Cc1cccc(NC(=O)c2ccc3c(c2)C(=O)N(Cc2ccco2)C3=O)c1. The molecule has 0 atom stereocenters. The van der Waals surface area contributed by atoms with E-state index >= 15 is 0 Å². The number of hydrogen-bond donors (Lipinski definition) is 1. The van der Waals surface area contributed by atoms with Crippen LogP contribution in [0.4, 0.5) is 5.69 Å². The molecule has 7 nitrogen and oxygen atoms in total. The fourth-order valence-electron chi connectivity index (χ4n) is 3.00. The summed E-state index contributed by atoms with van der Waals surface area (Å²) in [5, 5.41) is 11.6. The number of nitrogens with one attached hydrogen (secondary N) is 1. The van der Waals surface area contributed by atoms with Gasteiger partial charge in [0.1, 0.15) is 5.76 Å². The van der Waals surface area contributed by atoms with Crippen molar-refractivity contribution >= 4 is 23.4 Å². The van der Waals surface area contributed by atoms with Gasteiger partial charge in [-0.25, -0.2) is 0 Å². The molecule has 2 aromatic carbocycles. The van der Waals surface area contributed by atoms with Crippen LogP contribution in [0.3, 0.4) is 0 Å². The summed E-state index contributed by atoms with van der Waals surface area (Å²) in [6.45, 7) is 0.0296. The Balaban J connectivity index is 1.57. The number of imide groups is 1. The third kappa shape index (κ3) is 3.04. The Hall–Kier alpha value is -4.18. The Morgan fingerprint density at radius 1 is 1.04 bits per heavy atom. The number of carbonyl (C=O) groups is 3. The second-order valence-electron chi connectivity index (χ2n) is 6.18. The molecule has 3 aromatic rings. The predicted octanol–water partition coefficient (Wildman–Crippen LogP) is 3.20. The second-order valence-corrected chi connectivity index (χ2v) is 6.18. The van der Waals surface area contributed by atoms with Crippen LogP contribution in [0, 0.1) is 11.3 Å². The molecule has 1 aliphatic rings. The van der Waals surface area contributed by atoms with E-state index in [0.717, 1.165) is 4.90 Å². The summed E-state index contributed by atoms with van der Waals surface area (Å²) in [4.78, 5) is 38.8. The van der Waals surface area contributed by atoms with Crippen LogP contribution >= 0.6 is 0 Å². The Kier molecular flexibility index (Phi) is 4.22. The first-order valence-corrected chi connectivity index (χ1v) is 8.41. The molecule has 0 unspecified atom stereocenters. The predicted molar refractivity (Wildman–Crippen MR) is 98.5 cm³/mol. The zero-order valence-corrected chi connectivity index (χ0v) is 14.5. The maximum absolute atomic E-state index is 12.6. The molecular formula is C21H13N3O4. The van der Waals surface area contributed by atoms with E-state index in [4.69, 9.17) is 9.68 Å². The summed E-state index contributed by atoms with van der Waals surface area (Å²) >= 11 is 0. The van der Waals surface area contributed by atoms with Gasteiger partial charge in [0.25, 0.3) is 17.7 Å². The summed E-state index contributed by atoms with van der Waals surface area (Å²) in [5.41, 5.74) is 1.55. The molecule has 1 N–H and O–H groups in total. The monoisotopic (exact) mass is 371 g/mol. The van der Waals surface area contributed by atoms with E-state index in [-0.39, 0.29) is 23.2 Å². The fourth-order valence-corrected chi connectivity index (χ4v) is 3.00. The molecular weight excluding hydrogens is 358 g/mol. The maximum Gasteiger partial charge on any atom is 0.261 e. The highest BCUT2D eigenvalue weighted by atomic mass is 16.3. The number of carbonyl (C=O) groups excluding carboxylic acids is 3. The largest absolute Gasteiger partial charge is 0.467 e. The molecule has 2 heterocycles. The molecule has 7 heteroatoms. The van der Waals surface area contributed by atoms with Crippen molar-refractivity contribution in [2.24, 2.45) is 0 Å². The van der Waals surface area contributed by atoms with Gasteiger partial charge in [-0.2, -0.15) is 5.26 Å². The first-order valence-electron chi connectivity index (χ1n) is 8.41. The number of furan rings is 1. The van der Waals surface area contributed by atoms with Gasteiger partial charge in [-0.15, -0.1) is 0 Å². The van der Waals surface area contributed by atoms with E-state index in [0.29, 0.717) is 17.0 Å². The molecule has 0 saturated heterocycles. The van der Waals surface area contributed by atoms with Gasteiger partial charge in [0.2, 0.25) is 0 Å². The third-order valence-corrected chi connectivity index (χ3v) is 4.38. The zero-order chi connectivity index (χ0) is 19.7. The third-order valence-electron chi connectivity index (χ3n) is 4.38. The van der Waals surface area contributed by atoms with Gasteiger partial charge in [0, 0.05) is 11.3 Å². The number of hydrogen-bond acceptors (Lipinski definition) is 5. The number of benzene rings is 2. The quantitative estimate of drug-likeness (QED) is 0.709. The normalized spacial score (nSPS) is 12.6. The number of fused-ring (bicyclic) bond motifs is 1. The molecule has 0 radical (unpaired) electrons.